The molecule has 0 bridgehead atoms. The highest BCUT2D eigenvalue weighted by Gasteiger charge is 2.23. The van der Waals surface area contributed by atoms with Crippen molar-refractivity contribution in [3.05, 3.63) is 64.0 Å². The van der Waals surface area contributed by atoms with Crippen molar-refractivity contribution < 1.29 is 14.3 Å². The number of hydrogen-bond donors (Lipinski definition) is 1. The van der Waals surface area contributed by atoms with Crippen molar-refractivity contribution in [3.8, 4) is 11.5 Å². The third-order valence-electron chi connectivity index (χ3n) is 7.01. The molecule has 2 aromatic carbocycles. The fraction of sp³-hybridized carbons (Fsp3) is 0.433. The topological polar surface area (TPSA) is 82.5 Å². The van der Waals surface area contributed by atoms with Crippen molar-refractivity contribution in [2.75, 3.05) is 19.5 Å². The van der Waals surface area contributed by atoms with Gasteiger partial charge in [0, 0.05) is 18.3 Å². The number of nitrogens with zero attached hydrogens (tertiary/aromatic N) is 2. The van der Waals surface area contributed by atoms with E-state index < -0.39 is 5.25 Å². The van der Waals surface area contributed by atoms with Gasteiger partial charge in [0.15, 0.2) is 16.7 Å². The normalized spacial score (nSPS) is 14.2. The minimum Gasteiger partial charge on any atom is -0.493 e. The zero-order valence-corrected chi connectivity index (χ0v) is 23.5. The van der Waals surface area contributed by atoms with Gasteiger partial charge < -0.3 is 14.8 Å². The second kappa shape index (κ2) is 13.0. The summed E-state index contributed by atoms with van der Waals surface area (Å²) in [7, 11) is 3.11. The van der Waals surface area contributed by atoms with Crippen LogP contribution in [0.15, 0.2) is 58.0 Å². The number of methoxy groups -OCH3 is 2. The van der Waals surface area contributed by atoms with Crippen LogP contribution in [-0.2, 0) is 17.8 Å². The minimum absolute atomic E-state index is 0.107. The van der Waals surface area contributed by atoms with Crippen molar-refractivity contribution in [1.82, 2.24) is 9.55 Å². The summed E-state index contributed by atoms with van der Waals surface area (Å²) in [5.41, 5.74) is 3.74. The smallest absolute Gasteiger partial charge is 0.262 e. The molecule has 4 rings (SSSR count). The summed E-state index contributed by atoms with van der Waals surface area (Å²) in [5.74, 6) is 0.888. The first kappa shape index (κ1) is 27.8. The third kappa shape index (κ3) is 6.41. The number of thioether (sulfide) groups is 1. The van der Waals surface area contributed by atoms with Gasteiger partial charge >= 0.3 is 0 Å². The maximum Gasteiger partial charge on any atom is 0.262 e. The van der Waals surface area contributed by atoms with Gasteiger partial charge in [-0.1, -0.05) is 49.4 Å². The van der Waals surface area contributed by atoms with Crippen molar-refractivity contribution >= 4 is 34.3 Å². The molecule has 1 N–H and O–H groups in total. The van der Waals surface area contributed by atoms with Gasteiger partial charge in [0.25, 0.3) is 5.56 Å². The van der Waals surface area contributed by atoms with E-state index in [-0.39, 0.29) is 11.5 Å². The Hall–Kier alpha value is -3.26. The summed E-state index contributed by atoms with van der Waals surface area (Å²) in [6.45, 7) is 4.59. The van der Waals surface area contributed by atoms with Crippen LogP contribution < -0.4 is 20.3 Å². The number of rotatable bonds is 11. The summed E-state index contributed by atoms with van der Waals surface area (Å²) in [6.07, 6.45) is 9.20. The van der Waals surface area contributed by atoms with E-state index in [1.165, 1.54) is 35.7 Å². The summed E-state index contributed by atoms with van der Waals surface area (Å²) in [4.78, 5) is 31.9. The molecular weight excluding hydrogens is 498 g/mol. The van der Waals surface area contributed by atoms with E-state index in [9.17, 15) is 9.59 Å². The molecule has 202 valence electrons. The first-order chi connectivity index (χ1) is 18.5. The molecule has 0 aliphatic heterocycles. The fourth-order valence-corrected chi connectivity index (χ4v) is 5.74. The number of hydrogen-bond acceptors (Lipinski definition) is 6. The monoisotopic (exact) mass is 535 g/mol. The van der Waals surface area contributed by atoms with Crippen LogP contribution in [0, 0.1) is 0 Å². The molecule has 1 heterocycles. The highest BCUT2D eigenvalue weighted by Crippen LogP contribution is 2.33. The van der Waals surface area contributed by atoms with Gasteiger partial charge in [0.1, 0.15) is 0 Å². The first-order valence-electron chi connectivity index (χ1n) is 13.4. The lowest BCUT2D eigenvalue weighted by atomic mass is 9.97. The molecule has 0 saturated carbocycles. The number of aromatic nitrogens is 2. The molecule has 0 saturated heterocycles. The van der Waals surface area contributed by atoms with Gasteiger partial charge in [-0.3, -0.25) is 14.2 Å². The van der Waals surface area contributed by atoms with Crippen LogP contribution in [0.25, 0.3) is 10.9 Å². The van der Waals surface area contributed by atoms with Gasteiger partial charge in [-0.05, 0) is 68.7 Å². The van der Waals surface area contributed by atoms with Crippen LogP contribution in [-0.4, -0.2) is 34.9 Å². The summed E-state index contributed by atoms with van der Waals surface area (Å²) < 4.78 is 12.6. The molecule has 38 heavy (non-hydrogen) atoms. The Bertz CT molecular complexity index is 1360. The Morgan fingerprint density at radius 1 is 1.11 bits per heavy atom. The average Bonchev–Trinajstić information content (AvgIpc) is 2.95. The Morgan fingerprint density at radius 3 is 2.47 bits per heavy atom. The third-order valence-corrected chi connectivity index (χ3v) is 8.36. The number of ether oxygens (including phenoxy) is 2. The summed E-state index contributed by atoms with van der Waals surface area (Å²) in [6, 6.07) is 11.3. The molecule has 7 nitrogen and oxygen atoms in total. The number of anilines is 1. The number of fused-ring (bicyclic) bond motifs is 1. The van der Waals surface area contributed by atoms with Crippen molar-refractivity contribution in [3.63, 3.8) is 0 Å². The first-order valence-corrected chi connectivity index (χ1v) is 14.3. The molecule has 1 unspecified atom stereocenters. The van der Waals surface area contributed by atoms with Gasteiger partial charge in [0.05, 0.1) is 30.4 Å². The Labute approximate surface area is 228 Å². The number of allylic oxidation sites excluding steroid dienone is 2. The molecule has 0 spiro atoms. The van der Waals surface area contributed by atoms with Crippen LogP contribution in [0.2, 0.25) is 0 Å². The number of amides is 1. The van der Waals surface area contributed by atoms with E-state index >= 15 is 0 Å². The molecule has 1 aliphatic carbocycles. The lowest BCUT2D eigenvalue weighted by molar-refractivity contribution is -0.115. The van der Waals surface area contributed by atoms with E-state index in [0.717, 1.165) is 31.4 Å². The van der Waals surface area contributed by atoms with Crippen molar-refractivity contribution in [2.24, 2.45) is 0 Å². The maximum atomic E-state index is 13.8. The van der Waals surface area contributed by atoms with E-state index in [2.05, 4.69) is 18.3 Å². The molecule has 0 fully saturated rings. The maximum absolute atomic E-state index is 13.8. The standard InChI is InChI=1S/C30H37N3O4S/c1-5-20-12-14-22(15-13-20)31-28(34)27(6-2)38-30-32-24-19-26(37-4)25(36-3)18-23(24)29(35)33(30)17-16-21-10-8-7-9-11-21/h10,12-15,18-19,27H,5-9,11,16-17H2,1-4H3,(H,31,34). The van der Waals surface area contributed by atoms with E-state index in [4.69, 9.17) is 14.5 Å². The molecule has 3 aromatic rings. The van der Waals surface area contributed by atoms with E-state index in [1.54, 1.807) is 30.9 Å². The Morgan fingerprint density at radius 2 is 1.84 bits per heavy atom. The van der Waals surface area contributed by atoms with Crippen molar-refractivity contribution in [1.29, 1.82) is 0 Å². The second-order valence-electron chi connectivity index (χ2n) is 9.49. The zero-order valence-electron chi connectivity index (χ0n) is 22.7. The molecule has 1 amide bonds. The number of aryl methyl sites for hydroxylation is 1. The fourth-order valence-electron chi connectivity index (χ4n) is 4.70. The van der Waals surface area contributed by atoms with Crippen molar-refractivity contribution in [2.45, 2.75) is 75.7 Å². The molecule has 1 aromatic heterocycles. The lowest BCUT2D eigenvalue weighted by Crippen LogP contribution is -2.28. The average molecular weight is 536 g/mol. The number of benzene rings is 2. The summed E-state index contributed by atoms with van der Waals surface area (Å²) >= 11 is 1.34. The van der Waals surface area contributed by atoms with Gasteiger partial charge in [-0.15, -0.1) is 0 Å². The van der Waals surface area contributed by atoms with Crippen LogP contribution in [0.4, 0.5) is 5.69 Å². The van der Waals surface area contributed by atoms with Crippen LogP contribution in [0.1, 0.15) is 57.9 Å². The van der Waals surface area contributed by atoms with E-state index in [1.807, 2.05) is 31.2 Å². The van der Waals surface area contributed by atoms with Gasteiger partial charge in [-0.25, -0.2) is 4.98 Å². The number of carbonyl (C=O) groups excluding carboxylic acids is 1. The molecule has 1 atom stereocenters. The largest absolute Gasteiger partial charge is 0.493 e. The molecular formula is C30H37N3O4S. The lowest BCUT2D eigenvalue weighted by Gasteiger charge is -2.20. The highest BCUT2D eigenvalue weighted by molar-refractivity contribution is 8.00. The quantitative estimate of drug-likeness (QED) is 0.174. The van der Waals surface area contributed by atoms with Gasteiger partial charge in [0.2, 0.25) is 5.91 Å². The predicted molar refractivity (Wildman–Crippen MR) is 155 cm³/mol. The van der Waals surface area contributed by atoms with E-state index in [0.29, 0.717) is 40.5 Å². The Kier molecular flexibility index (Phi) is 9.50. The number of carbonyl (C=O) groups is 1. The molecule has 1 aliphatic rings. The Balaban J connectivity index is 1.68. The zero-order chi connectivity index (χ0) is 27.1. The molecule has 8 heteroatoms. The minimum atomic E-state index is -0.412. The van der Waals surface area contributed by atoms with Crippen LogP contribution >= 0.6 is 11.8 Å². The second-order valence-corrected chi connectivity index (χ2v) is 10.7. The molecule has 0 radical (unpaired) electrons. The predicted octanol–water partition coefficient (Wildman–Crippen LogP) is 6.38. The SMILES string of the molecule is CCc1ccc(NC(=O)C(CC)Sc2nc3cc(OC)c(OC)cc3c(=O)n2CCC2=CCCCC2)cc1. The number of nitrogens with one attached hydrogen (secondary N) is 1. The van der Waals surface area contributed by atoms with Crippen LogP contribution in [0.3, 0.4) is 0 Å². The van der Waals surface area contributed by atoms with Crippen LogP contribution in [0.5, 0.6) is 11.5 Å². The summed E-state index contributed by atoms with van der Waals surface area (Å²) in [5, 5.41) is 3.63. The van der Waals surface area contributed by atoms with Gasteiger partial charge in [-0.2, -0.15) is 0 Å². The highest BCUT2D eigenvalue weighted by atomic mass is 32.2.